The standard InChI is InChI=1S/C15H10ClF3N4/c1-23-8-10(7-20-23)14-21-12(6-13(16)22-14)9-2-4-11(5-3-9)15(17,18)19/h2-8H,1H3. The average molecular weight is 339 g/mol. The first-order valence-electron chi connectivity index (χ1n) is 6.54. The Balaban J connectivity index is 2.01. The zero-order chi connectivity index (χ0) is 16.6. The molecule has 0 amide bonds. The zero-order valence-corrected chi connectivity index (χ0v) is 12.6. The van der Waals surface area contributed by atoms with Crippen molar-refractivity contribution in [2.45, 2.75) is 6.18 Å². The highest BCUT2D eigenvalue weighted by atomic mass is 35.5. The van der Waals surface area contributed by atoms with Crippen molar-refractivity contribution in [2.75, 3.05) is 0 Å². The van der Waals surface area contributed by atoms with E-state index >= 15 is 0 Å². The van der Waals surface area contributed by atoms with E-state index in [1.54, 1.807) is 24.1 Å². The molecule has 0 radical (unpaired) electrons. The number of alkyl halides is 3. The van der Waals surface area contributed by atoms with Gasteiger partial charge in [0.2, 0.25) is 0 Å². The molecule has 0 aliphatic carbocycles. The fraction of sp³-hybridized carbons (Fsp3) is 0.133. The van der Waals surface area contributed by atoms with Crippen LogP contribution in [-0.4, -0.2) is 19.7 Å². The molecule has 3 aromatic rings. The number of hydrogen-bond donors (Lipinski definition) is 0. The van der Waals surface area contributed by atoms with Crippen LogP contribution in [0.15, 0.2) is 42.7 Å². The Hall–Kier alpha value is -2.41. The molecule has 0 aliphatic rings. The summed E-state index contributed by atoms with van der Waals surface area (Å²) in [5.74, 6) is 0.362. The van der Waals surface area contributed by atoms with Gasteiger partial charge in [-0.3, -0.25) is 4.68 Å². The van der Waals surface area contributed by atoms with Gasteiger partial charge in [-0.2, -0.15) is 18.3 Å². The van der Waals surface area contributed by atoms with E-state index in [-0.39, 0.29) is 5.15 Å². The molecule has 0 saturated heterocycles. The Morgan fingerprint density at radius 2 is 1.74 bits per heavy atom. The van der Waals surface area contributed by atoms with Crippen LogP contribution in [0.25, 0.3) is 22.6 Å². The number of aromatic nitrogens is 4. The molecule has 1 aromatic carbocycles. The smallest absolute Gasteiger partial charge is 0.275 e. The first-order valence-corrected chi connectivity index (χ1v) is 6.92. The van der Waals surface area contributed by atoms with Crippen molar-refractivity contribution in [2.24, 2.45) is 7.05 Å². The van der Waals surface area contributed by atoms with Gasteiger partial charge in [-0.05, 0) is 12.1 Å². The summed E-state index contributed by atoms with van der Waals surface area (Å²) in [6.07, 6.45) is -1.06. The van der Waals surface area contributed by atoms with Gasteiger partial charge in [0.25, 0.3) is 0 Å². The number of hydrogen-bond acceptors (Lipinski definition) is 3. The second-order valence-corrected chi connectivity index (χ2v) is 5.26. The van der Waals surface area contributed by atoms with Gasteiger partial charge in [-0.15, -0.1) is 0 Å². The van der Waals surface area contributed by atoms with Gasteiger partial charge in [0.05, 0.1) is 23.0 Å². The quantitative estimate of drug-likeness (QED) is 0.657. The molecule has 0 bridgehead atoms. The molecule has 2 heterocycles. The van der Waals surface area contributed by atoms with Crippen LogP contribution in [0.5, 0.6) is 0 Å². The van der Waals surface area contributed by atoms with E-state index < -0.39 is 11.7 Å². The number of halogens is 4. The van der Waals surface area contributed by atoms with Crippen LogP contribution in [0.3, 0.4) is 0 Å². The molecule has 8 heteroatoms. The number of nitrogens with zero attached hydrogens (tertiary/aromatic N) is 4. The number of benzene rings is 1. The second-order valence-electron chi connectivity index (χ2n) is 4.88. The van der Waals surface area contributed by atoms with Crippen LogP contribution in [0.4, 0.5) is 13.2 Å². The summed E-state index contributed by atoms with van der Waals surface area (Å²) >= 11 is 6.00. The molecule has 0 atom stereocenters. The maximum absolute atomic E-state index is 12.6. The SMILES string of the molecule is Cn1cc(-c2nc(Cl)cc(-c3ccc(C(F)(F)F)cc3)n2)cn1. The van der Waals surface area contributed by atoms with Crippen molar-refractivity contribution in [3.63, 3.8) is 0 Å². The molecular formula is C15H10ClF3N4. The van der Waals surface area contributed by atoms with Crippen molar-refractivity contribution in [1.82, 2.24) is 19.7 Å². The molecule has 3 rings (SSSR count). The largest absolute Gasteiger partial charge is 0.416 e. The van der Waals surface area contributed by atoms with E-state index in [4.69, 9.17) is 11.6 Å². The summed E-state index contributed by atoms with van der Waals surface area (Å²) in [5.41, 5.74) is 0.919. The maximum Gasteiger partial charge on any atom is 0.416 e. The Bertz CT molecular complexity index is 841. The molecular weight excluding hydrogens is 329 g/mol. The minimum Gasteiger partial charge on any atom is -0.275 e. The van der Waals surface area contributed by atoms with Crippen molar-refractivity contribution in [3.8, 4) is 22.6 Å². The molecule has 0 spiro atoms. The molecule has 2 aromatic heterocycles. The summed E-state index contributed by atoms with van der Waals surface area (Å²) in [6, 6.07) is 6.23. The minimum atomic E-state index is -4.37. The molecule has 23 heavy (non-hydrogen) atoms. The summed E-state index contributed by atoms with van der Waals surface area (Å²) in [5, 5.41) is 4.23. The van der Waals surface area contributed by atoms with Crippen LogP contribution in [0.2, 0.25) is 5.15 Å². The highest BCUT2D eigenvalue weighted by Crippen LogP contribution is 2.31. The fourth-order valence-electron chi connectivity index (χ4n) is 2.06. The predicted octanol–water partition coefficient (Wildman–Crippen LogP) is 4.22. The molecule has 118 valence electrons. The van der Waals surface area contributed by atoms with E-state index in [0.717, 1.165) is 12.1 Å². The molecule has 0 saturated carbocycles. The third-order valence-corrected chi connectivity index (χ3v) is 3.36. The zero-order valence-electron chi connectivity index (χ0n) is 11.8. The summed E-state index contributed by atoms with van der Waals surface area (Å²) in [6.45, 7) is 0. The summed E-state index contributed by atoms with van der Waals surface area (Å²) in [4.78, 5) is 8.47. The highest BCUT2D eigenvalue weighted by Gasteiger charge is 2.30. The Kier molecular flexibility index (Phi) is 3.81. The van der Waals surface area contributed by atoms with Crippen LogP contribution < -0.4 is 0 Å². The van der Waals surface area contributed by atoms with E-state index in [1.165, 1.54) is 18.2 Å². The highest BCUT2D eigenvalue weighted by molar-refractivity contribution is 6.29. The van der Waals surface area contributed by atoms with Gasteiger partial charge in [-0.25, -0.2) is 9.97 Å². The van der Waals surface area contributed by atoms with Gasteiger partial charge in [0.15, 0.2) is 5.82 Å². The minimum absolute atomic E-state index is 0.203. The van der Waals surface area contributed by atoms with E-state index in [9.17, 15) is 13.2 Å². The number of rotatable bonds is 2. The molecule has 0 unspecified atom stereocenters. The van der Waals surface area contributed by atoms with Crippen LogP contribution in [0.1, 0.15) is 5.56 Å². The van der Waals surface area contributed by atoms with Crippen LogP contribution >= 0.6 is 11.6 Å². The summed E-state index contributed by atoms with van der Waals surface area (Å²) < 4.78 is 39.4. The van der Waals surface area contributed by atoms with E-state index in [2.05, 4.69) is 15.1 Å². The monoisotopic (exact) mass is 338 g/mol. The predicted molar refractivity (Wildman–Crippen MR) is 79.7 cm³/mol. The lowest BCUT2D eigenvalue weighted by Crippen LogP contribution is -2.04. The van der Waals surface area contributed by atoms with Gasteiger partial charge in [0.1, 0.15) is 5.15 Å². The lowest BCUT2D eigenvalue weighted by molar-refractivity contribution is -0.137. The first kappa shape index (κ1) is 15.5. The van der Waals surface area contributed by atoms with Gasteiger partial charge >= 0.3 is 6.18 Å². The van der Waals surface area contributed by atoms with Crippen molar-refractivity contribution in [1.29, 1.82) is 0 Å². The lowest BCUT2D eigenvalue weighted by atomic mass is 10.1. The first-order chi connectivity index (χ1) is 10.8. The Morgan fingerprint density at radius 1 is 1.04 bits per heavy atom. The topological polar surface area (TPSA) is 43.6 Å². The van der Waals surface area contributed by atoms with Crippen molar-refractivity contribution >= 4 is 11.6 Å². The van der Waals surface area contributed by atoms with Crippen molar-refractivity contribution in [3.05, 3.63) is 53.4 Å². The molecule has 4 nitrogen and oxygen atoms in total. The molecule has 0 N–H and O–H groups in total. The second kappa shape index (κ2) is 5.66. The van der Waals surface area contributed by atoms with Crippen LogP contribution in [-0.2, 0) is 13.2 Å². The number of aryl methyl sites for hydroxylation is 1. The normalized spacial score (nSPS) is 11.7. The Morgan fingerprint density at radius 3 is 2.30 bits per heavy atom. The maximum atomic E-state index is 12.6. The van der Waals surface area contributed by atoms with Gasteiger partial charge in [-0.1, -0.05) is 23.7 Å². The summed E-state index contributed by atoms with van der Waals surface area (Å²) in [7, 11) is 1.75. The third kappa shape index (κ3) is 3.34. The molecule has 0 fully saturated rings. The third-order valence-electron chi connectivity index (χ3n) is 3.17. The van der Waals surface area contributed by atoms with Gasteiger partial charge < -0.3 is 0 Å². The average Bonchev–Trinajstić information content (AvgIpc) is 2.92. The van der Waals surface area contributed by atoms with Crippen LogP contribution in [0, 0.1) is 0 Å². The fourth-order valence-corrected chi connectivity index (χ4v) is 2.24. The molecule has 0 aliphatic heterocycles. The lowest BCUT2D eigenvalue weighted by Gasteiger charge is -2.08. The van der Waals surface area contributed by atoms with E-state index in [1.807, 2.05) is 0 Å². The van der Waals surface area contributed by atoms with Crippen molar-refractivity contribution < 1.29 is 13.2 Å². The van der Waals surface area contributed by atoms with E-state index in [0.29, 0.717) is 22.6 Å². The van der Waals surface area contributed by atoms with Gasteiger partial charge in [0, 0.05) is 24.9 Å². The Labute approximate surface area is 134 Å².